The van der Waals surface area contributed by atoms with Gasteiger partial charge >= 0.3 is 0 Å². The van der Waals surface area contributed by atoms with Crippen LogP contribution in [0.1, 0.15) is 10.4 Å². The Balaban J connectivity index is 2.59. The lowest BCUT2D eigenvalue weighted by atomic mass is 10.2. The highest BCUT2D eigenvalue weighted by atomic mass is 35.5. The molecule has 1 aromatic rings. The minimum atomic E-state index is 0.629. The zero-order chi connectivity index (χ0) is 9.68. The summed E-state index contributed by atoms with van der Waals surface area (Å²) in [6.07, 6.45) is 0.828. The molecule has 0 N–H and O–H groups in total. The smallest absolute Gasteiger partial charge is 0.150 e. The molecule has 0 saturated heterocycles. The summed E-state index contributed by atoms with van der Waals surface area (Å²) in [6.45, 7) is 3.59. The minimum Gasteiger partial charge on any atom is -0.298 e. The molecule has 0 aliphatic rings. The second-order valence-electron chi connectivity index (χ2n) is 2.49. The summed E-state index contributed by atoms with van der Waals surface area (Å²) < 4.78 is 0. The van der Waals surface area contributed by atoms with Gasteiger partial charge in [0.05, 0.1) is 0 Å². The van der Waals surface area contributed by atoms with Crippen LogP contribution < -0.4 is 0 Å². The van der Waals surface area contributed by atoms with Crippen LogP contribution in [0.2, 0.25) is 0 Å². The lowest BCUT2D eigenvalue weighted by Crippen LogP contribution is -1.80. The highest BCUT2D eigenvalue weighted by Gasteiger charge is 1.95. The number of thioether (sulfide) groups is 1. The Bertz CT molecular complexity index is 305. The number of aldehydes is 1. The molecule has 0 unspecified atom stereocenters. The Labute approximate surface area is 86.8 Å². The van der Waals surface area contributed by atoms with Gasteiger partial charge in [0.1, 0.15) is 6.29 Å². The van der Waals surface area contributed by atoms with Crippen molar-refractivity contribution >= 4 is 29.6 Å². The zero-order valence-electron chi connectivity index (χ0n) is 7.00. The molecular weight excluding hydrogens is 204 g/mol. The minimum absolute atomic E-state index is 0.629. The fraction of sp³-hybridized carbons (Fsp3) is 0.100. The van der Waals surface area contributed by atoms with Crippen molar-refractivity contribution in [3.05, 3.63) is 41.4 Å². The van der Waals surface area contributed by atoms with Crippen molar-refractivity contribution in [2.24, 2.45) is 0 Å². The average molecular weight is 213 g/mol. The maximum absolute atomic E-state index is 10.3. The van der Waals surface area contributed by atoms with E-state index >= 15 is 0 Å². The Hall–Kier alpha value is -0.730. The summed E-state index contributed by atoms with van der Waals surface area (Å²) >= 11 is 7.22. The van der Waals surface area contributed by atoms with Gasteiger partial charge in [0, 0.05) is 21.2 Å². The molecule has 0 fully saturated rings. The van der Waals surface area contributed by atoms with Gasteiger partial charge in [-0.05, 0) is 12.1 Å². The Morgan fingerprint density at radius 2 is 2.08 bits per heavy atom. The topological polar surface area (TPSA) is 17.1 Å². The van der Waals surface area contributed by atoms with Gasteiger partial charge in [0.25, 0.3) is 0 Å². The van der Waals surface area contributed by atoms with Crippen molar-refractivity contribution < 1.29 is 4.79 Å². The summed E-state index contributed by atoms with van der Waals surface area (Å²) in [5.74, 6) is 0.696. The van der Waals surface area contributed by atoms with Gasteiger partial charge in [-0.15, -0.1) is 11.8 Å². The predicted octanol–water partition coefficient (Wildman–Crippen LogP) is 3.34. The number of carbonyl (C=O) groups excluding carboxylic acids is 1. The molecule has 0 heterocycles. The van der Waals surface area contributed by atoms with Crippen molar-refractivity contribution in [1.29, 1.82) is 0 Å². The Morgan fingerprint density at radius 3 is 2.54 bits per heavy atom. The van der Waals surface area contributed by atoms with Gasteiger partial charge in [-0.1, -0.05) is 30.3 Å². The maximum Gasteiger partial charge on any atom is 0.150 e. The van der Waals surface area contributed by atoms with Crippen LogP contribution in [0, 0.1) is 0 Å². The largest absolute Gasteiger partial charge is 0.298 e. The maximum atomic E-state index is 10.3. The first kappa shape index (κ1) is 10.4. The van der Waals surface area contributed by atoms with E-state index in [1.165, 1.54) is 0 Å². The van der Waals surface area contributed by atoms with E-state index in [1.54, 1.807) is 23.9 Å². The molecule has 0 bridgehead atoms. The molecule has 1 aromatic carbocycles. The van der Waals surface area contributed by atoms with Crippen molar-refractivity contribution in [2.75, 3.05) is 5.75 Å². The molecule has 0 aromatic heterocycles. The first-order valence-corrected chi connectivity index (χ1v) is 5.10. The average Bonchev–Trinajstić information content (AvgIpc) is 2.15. The molecule has 13 heavy (non-hydrogen) atoms. The number of halogens is 1. The van der Waals surface area contributed by atoms with E-state index < -0.39 is 0 Å². The van der Waals surface area contributed by atoms with Gasteiger partial charge in [-0.3, -0.25) is 4.79 Å². The van der Waals surface area contributed by atoms with Crippen molar-refractivity contribution in [3.63, 3.8) is 0 Å². The number of hydrogen-bond donors (Lipinski definition) is 0. The number of rotatable bonds is 4. The van der Waals surface area contributed by atoms with Crippen LogP contribution >= 0.6 is 23.4 Å². The van der Waals surface area contributed by atoms with Gasteiger partial charge in [0.2, 0.25) is 0 Å². The fourth-order valence-electron chi connectivity index (χ4n) is 0.804. The van der Waals surface area contributed by atoms with E-state index in [-0.39, 0.29) is 0 Å². The van der Waals surface area contributed by atoms with E-state index in [0.717, 1.165) is 11.2 Å². The highest BCUT2D eigenvalue weighted by molar-refractivity contribution is 7.99. The molecule has 0 saturated carbocycles. The first-order chi connectivity index (χ1) is 6.22. The lowest BCUT2D eigenvalue weighted by Gasteiger charge is -1.99. The molecule has 0 aliphatic heterocycles. The molecule has 0 spiro atoms. The van der Waals surface area contributed by atoms with Gasteiger partial charge in [-0.25, -0.2) is 0 Å². The van der Waals surface area contributed by atoms with E-state index in [2.05, 4.69) is 6.58 Å². The third-order valence-corrected chi connectivity index (χ3v) is 2.80. The summed E-state index contributed by atoms with van der Waals surface area (Å²) in [4.78, 5) is 11.4. The van der Waals surface area contributed by atoms with Crippen LogP contribution in [0.15, 0.2) is 40.8 Å². The molecule has 68 valence electrons. The van der Waals surface area contributed by atoms with Crippen LogP contribution in [0.4, 0.5) is 0 Å². The number of hydrogen-bond acceptors (Lipinski definition) is 2. The molecule has 0 aliphatic carbocycles. The third kappa shape index (κ3) is 3.66. The van der Waals surface area contributed by atoms with E-state index in [4.69, 9.17) is 11.6 Å². The van der Waals surface area contributed by atoms with E-state index in [0.29, 0.717) is 16.3 Å². The van der Waals surface area contributed by atoms with Crippen LogP contribution in [0.25, 0.3) is 0 Å². The van der Waals surface area contributed by atoms with E-state index in [9.17, 15) is 4.79 Å². The van der Waals surface area contributed by atoms with Gasteiger partial charge in [-0.2, -0.15) is 0 Å². The molecule has 3 heteroatoms. The fourth-order valence-corrected chi connectivity index (χ4v) is 1.62. The summed E-state index contributed by atoms with van der Waals surface area (Å²) in [6, 6.07) is 7.36. The summed E-state index contributed by atoms with van der Waals surface area (Å²) in [5.41, 5.74) is 0.689. The molecular formula is C10H9ClOS. The second kappa shape index (κ2) is 5.10. The van der Waals surface area contributed by atoms with Gasteiger partial charge < -0.3 is 0 Å². The van der Waals surface area contributed by atoms with Crippen LogP contribution in [-0.2, 0) is 0 Å². The molecule has 1 nitrogen and oxygen atoms in total. The quantitative estimate of drug-likeness (QED) is 0.563. The van der Waals surface area contributed by atoms with Crippen LogP contribution in [-0.4, -0.2) is 12.0 Å². The monoisotopic (exact) mass is 212 g/mol. The second-order valence-corrected chi connectivity index (χ2v) is 4.08. The zero-order valence-corrected chi connectivity index (χ0v) is 8.57. The summed E-state index contributed by atoms with van der Waals surface area (Å²) in [7, 11) is 0. The van der Waals surface area contributed by atoms with Crippen molar-refractivity contribution in [1.82, 2.24) is 0 Å². The van der Waals surface area contributed by atoms with Crippen molar-refractivity contribution in [3.8, 4) is 0 Å². The number of carbonyl (C=O) groups is 1. The molecule has 0 atom stereocenters. The third-order valence-electron chi connectivity index (χ3n) is 1.41. The lowest BCUT2D eigenvalue weighted by molar-refractivity contribution is 0.112. The summed E-state index contributed by atoms with van der Waals surface area (Å²) in [5, 5.41) is 0.629. The molecule has 0 radical (unpaired) electrons. The Kier molecular flexibility index (Phi) is 4.06. The molecule has 1 rings (SSSR count). The Morgan fingerprint density at radius 1 is 1.46 bits per heavy atom. The SMILES string of the molecule is C=C(Cl)CSc1ccc(C=O)cc1. The van der Waals surface area contributed by atoms with Crippen LogP contribution in [0.3, 0.4) is 0 Å². The number of benzene rings is 1. The normalized spacial score (nSPS) is 9.62. The highest BCUT2D eigenvalue weighted by Crippen LogP contribution is 2.21. The van der Waals surface area contributed by atoms with E-state index in [1.807, 2.05) is 12.1 Å². The standard InChI is InChI=1S/C10H9ClOS/c1-8(11)7-13-10-4-2-9(6-12)3-5-10/h2-6H,1,7H2. The van der Waals surface area contributed by atoms with Crippen LogP contribution in [0.5, 0.6) is 0 Å². The first-order valence-electron chi connectivity index (χ1n) is 3.73. The van der Waals surface area contributed by atoms with Gasteiger partial charge in [0.15, 0.2) is 0 Å². The van der Waals surface area contributed by atoms with Crippen molar-refractivity contribution in [2.45, 2.75) is 4.90 Å². The molecule has 0 amide bonds. The predicted molar refractivity (Wildman–Crippen MR) is 57.5 cm³/mol.